The van der Waals surface area contributed by atoms with E-state index < -0.39 is 0 Å². The van der Waals surface area contributed by atoms with E-state index in [1.54, 1.807) is 7.11 Å². The highest BCUT2D eigenvalue weighted by Crippen LogP contribution is 2.26. The van der Waals surface area contributed by atoms with Crippen LogP contribution in [0.1, 0.15) is 26.1 Å². The van der Waals surface area contributed by atoms with Crippen LogP contribution in [0.4, 0.5) is 17.6 Å². The minimum absolute atomic E-state index is 0.223. The maximum Gasteiger partial charge on any atom is 0.232 e. The first-order chi connectivity index (χ1) is 12.0. The second kappa shape index (κ2) is 7.65. The van der Waals surface area contributed by atoms with Crippen molar-refractivity contribution in [1.29, 1.82) is 0 Å². The molecule has 0 aliphatic carbocycles. The molecule has 7 heteroatoms. The van der Waals surface area contributed by atoms with E-state index >= 15 is 0 Å². The molecule has 2 atom stereocenters. The number of hydrogen-bond acceptors (Lipinski definition) is 7. The van der Waals surface area contributed by atoms with E-state index in [-0.39, 0.29) is 5.95 Å². The summed E-state index contributed by atoms with van der Waals surface area (Å²) in [5.74, 6) is 3.45. The standard InChI is InChI=1S/C18H26N6O/c1-12-8-13(2)10-24(9-12)11-16-21-17(19)23-18(22-16)20-14-6-4-5-7-15(14)25-3/h4-7,12-13H,8-11H2,1-3H3,(H3,19,20,21,22,23)/t12-,13-/m0/s1. The van der Waals surface area contributed by atoms with Crippen LogP contribution in [-0.4, -0.2) is 40.1 Å². The molecule has 0 spiro atoms. The Bertz CT molecular complexity index is 712. The summed E-state index contributed by atoms with van der Waals surface area (Å²) in [6.45, 7) is 7.39. The fourth-order valence-corrected chi connectivity index (χ4v) is 3.55. The maximum absolute atomic E-state index is 5.89. The topological polar surface area (TPSA) is 89.2 Å². The van der Waals surface area contributed by atoms with Gasteiger partial charge in [-0.05, 0) is 30.4 Å². The summed E-state index contributed by atoms with van der Waals surface area (Å²) in [5.41, 5.74) is 6.68. The number of benzene rings is 1. The third-order valence-corrected chi connectivity index (χ3v) is 4.36. The lowest BCUT2D eigenvalue weighted by atomic mass is 9.92. The monoisotopic (exact) mass is 342 g/mol. The second-order valence-corrected chi connectivity index (χ2v) is 6.90. The summed E-state index contributed by atoms with van der Waals surface area (Å²) >= 11 is 0. The smallest absolute Gasteiger partial charge is 0.232 e. The van der Waals surface area contributed by atoms with E-state index in [9.17, 15) is 0 Å². The highest BCUT2D eigenvalue weighted by atomic mass is 16.5. The van der Waals surface area contributed by atoms with Crippen LogP contribution in [0.25, 0.3) is 0 Å². The summed E-state index contributed by atoms with van der Waals surface area (Å²) in [6, 6.07) is 7.62. The van der Waals surface area contributed by atoms with Crippen molar-refractivity contribution in [3.8, 4) is 5.75 Å². The maximum atomic E-state index is 5.89. The molecular formula is C18H26N6O. The molecule has 2 aromatic rings. The van der Waals surface area contributed by atoms with E-state index in [2.05, 4.69) is 39.0 Å². The van der Waals surface area contributed by atoms with Gasteiger partial charge in [-0.1, -0.05) is 26.0 Å². The fourth-order valence-electron chi connectivity index (χ4n) is 3.55. The molecule has 1 aliphatic heterocycles. The van der Waals surface area contributed by atoms with Gasteiger partial charge in [-0.2, -0.15) is 15.0 Å². The van der Waals surface area contributed by atoms with Gasteiger partial charge < -0.3 is 15.8 Å². The van der Waals surface area contributed by atoms with Crippen molar-refractivity contribution in [1.82, 2.24) is 19.9 Å². The number of nitrogens with zero attached hydrogens (tertiary/aromatic N) is 4. The Hall–Kier alpha value is -2.41. The van der Waals surface area contributed by atoms with Crippen LogP contribution in [0.15, 0.2) is 24.3 Å². The molecule has 0 amide bonds. The number of nitrogens with two attached hydrogens (primary N) is 1. The first-order valence-electron chi connectivity index (χ1n) is 8.66. The Kier molecular flexibility index (Phi) is 5.33. The number of nitrogens with one attached hydrogen (secondary N) is 1. The number of nitrogen functional groups attached to an aromatic ring is 1. The van der Waals surface area contributed by atoms with E-state index in [1.807, 2.05) is 24.3 Å². The molecular weight excluding hydrogens is 316 g/mol. The summed E-state index contributed by atoms with van der Waals surface area (Å²) in [5, 5.41) is 3.17. The number of rotatable bonds is 5. The molecule has 134 valence electrons. The molecule has 1 saturated heterocycles. The normalized spacial score (nSPS) is 21.1. The molecule has 3 N–H and O–H groups in total. The van der Waals surface area contributed by atoms with Crippen LogP contribution < -0.4 is 15.8 Å². The van der Waals surface area contributed by atoms with Crippen molar-refractivity contribution in [3.05, 3.63) is 30.1 Å². The number of aromatic nitrogens is 3. The summed E-state index contributed by atoms with van der Waals surface area (Å²) < 4.78 is 5.35. The number of para-hydroxylation sites is 2. The SMILES string of the molecule is COc1ccccc1Nc1nc(N)nc(CN2C[C@@H](C)C[C@H](C)C2)n1. The van der Waals surface area contributed by atoms with Gasteiger partial charge >= 0.3 is 0 Å². The predicted molar refractivity (Wildman–Crippen MR) is 98.7 cm³/mol. The molecule has 1 aromatic carbocycles. The van der Waals surface area contributed by atoms with Gasteiger partial charge in [-0.25, -0.2) is 0 Å². The second-order valence-electron chi connectivity index (χ2n) is 6.90. The zero-order valence-electron chi connectivity index (χ0n) is 15.1. The predicted octanol–water partition coefficient (Wildman–Crippen LogP) is 2.68. The average molecular weight is 342 g/mol. The van der Waals surface area contributed by atoms with Gasteiger partial charge in [0.2, 0.25) is 11.9 Å². The van der Waals surface area contributed by atoms with E-state index in [0.717, 1.165) is 24.5 Å². The summed E-state index contributed by atoms with van der Waals surface area (Å²) in [4.78, 5) is 15.4. The molecule has 0 unspecified atom stereocenters. The lowest BCUT2D eigenvalue weighted by Crippen LogP contribution is -2.38. The number of ether oxygens (including phenoxy) is 1. The number of piperidine rings is 1. The van der Waals surface area contributed by atoms with E-state index in [4.69, 9.17) is 10.5 Å². The zero-order chi connectivity index (χ0) is 17.8. The highest BCUT2D eigenvalue weighted by Gasteiger charge is 2.22. The van der Waals surface area contributed by atoms with Gasteiger partial charge in [0.15, 0.2) is 0 Å². The summed E-state index contributed by atoms with van der Waals surface area (Å²) in [6.07, 6.45) is 1.27. The van der Waals surface area contributed by atoms with Gasteiger partial charge in [-0.3, -0.25) is 4.90 Å². The molecule has 0 bridgehead atoms. The average Bonchev–Trinajstić information content (AvgIpc) is 2.53. The fraction of sp³-hybridized carbons (Fsp3) is 0.500. The third-order valence-electron chi connectivity index (χ3n) is 4.36. The van der Waals surface area contributed by atoms with E-state index in [0.29, 0.717) is 30.2 Å². The van der Waals surface area contributed by atoms with Crippen LogP contribution in [0.5, 0.6) is 5.75 Å². The molecule has 7 nitrogen and oxygen atoms in total. The first kappa shape index (κ1) is 17.4. The highest BCUT2D eigenvalue weighted by molar-refractivity contribution is 5.62. The Morgan fingerprint density at radius 1 is 1.16 bits per heavy atom. The van der Waals surface area contributed by atoms with Gasteiger partial charge in [0.25, 0.3) is 0 Å². The Balaban J connectivity index is 1.76. The third kappa shape index (κ3) is 4.57. The van der Waals surface area contributed by atoms with Crippen LogP contribution in [-0.2, 0) is 6.54 Å². The molecule has 0 radical (unpaired) electrons. The summed E-state index contributed by atoms with van der Waals surface area (Å²) in [7, 11) is 1.63. The van der Waals surface area contributed by atoms with Crippen molar-refractivity contribution in [3.63, 3.8) is 0 Å². The van der Waals surface area contributed by atoms with Gasteiger partial charge in [0, 0.05) is 13.1 Å². The zero-order valence-corrected chi connectivity index (χ0v) is 15.1. The quantitative estimate of drug-likeness (QED) is 0.863. The van der Waals surface area contributed by atoms with Gasteiger partial charge in [-0.15, -0.1) is 0 Å². The minimum Gasteiger partial charge on any atom is -0.495 e. The Morgan fingerprint density at radius 3 is 2.60 bits per heavy atom. The largest absolute Gasteiger partial charge is 0.495 e. The van der Waals surface area contributed by atoms with Crippen LogP contribution in [0, 0.1) is 11.8 Å². The van der Waals surface area contributed by atoms with Gasteiger partial charge in [0.1, 0.15) is 11.6 Å². The molecule has 3 rings (SSSR count). The van der Waals surface area contributed by atoms with Crippen molar-refractivity contribution in [2.75, 3.05) is 31.2 Å². The Morgan fingerprint density at radius 2 is 1.88 bits per heavy atom. The van der Waals surface area contributed by atoms with Crippen molar-refractivity contribution >= 4 is 17.6 Å². The lowest BCUT2D eigenvalue weighted by molar-refractivity contribution is 0.131. The van der Waals surface area contributed by atoms with Crippen molar-refractivity contribution in [2.45, 2.75) is 26.8 Å². The molecule has 1 aromatic heterocycles. The molecule has 1 aliphatic rings. The van der Waals surface area contributed by atoms with Crippen molar-refractivity contribution < 1.29 is 4.74 Å². The number of methoxy groups -OCH3 is 1. The number of likely N-dealkylation sites (tertiary alicyclic amines) is 1. The molecule has 1 fully saturated rings. The van der Waals surface area contributed by atoms with E-state index in [1.165, 1.54) is 6.42 Å². The lowest BCUT2D eigenvalue weighted by Gasteiger charge is -2.34. The van der Waals surface area contributed by atoms with Crippen LogP contribution in [0.3, 0.4) is 0 Å². The van der Waals surface area contributed by atoms with Crippen molar-refractivity contribution in [2.24, 2.45) is 11.8 Å². The van der Waals surface area contributed by atoms with Crippen LogP contribution >= 0.6 is 0 Å². The molecule has 2 heterocycles. The Labute approximate surface area is 148 Å². The van der Waals surface area contributed by atoms with Crippen LogP contribution in [0.2, 0.25) is 0 Å². The van der Waals surface area contributed by atoms with Gasteiger partial charge in [0.05, 0.1) is 19.3 Å². The number of anilines is 3. The molecule has 0 saturated carbocycles. The minimum atomic E-state index is 0.223. The number of hydrogen-bond donors (Lipinski definition) is 2. The first-order valence-corrected chi connectivity index (χ1v) is 8.66. The molecule has 25 heavy (non-hydrogen) atoms.